The number of fused-ring (bicyclic) bond motifs is 3. The van der Waals surface area contributed by atoms with Gasteiger partial charge in [-0.2, -0.15) is 0 Å². The lowest BCUT2D eigenvalue weighted by Gasteiger charge is -2.14. The van der Waals surface area contributed by atoms with Gasteiger partial charge in [0.15, 0.2) is 0 Å². The van der Waals surface area contributed by atoms with Crippen LogP contribution in [-0.4, -0.2) is 36.5 Å². The van der Waals surface area contributed by atoms with E-state index in [2.05, 4.69) is 9.97 Å². The molecule has 0 fully saturated rings. The van der Waals surface area contributed by atoms with E-state index < -0.39 is 0 Å². The molecule has 1 aromatic carbocycles. The Morgan fingerprint density at radius 3 is 2.76 bits per heavy atom. The van der Waals surface area contributed by atoms with Crippen molar-refractivity contribution in [2.45, 2.75) is 6.92 Å². The summed E-state index contributed by atoms with van der Waals surface area (Å²) < 4.78 is 2.12. The molecule has 2 radical (unpaired) electrons. The minimum atomic E-state index is -0.110. The monoisotopic (exact) mass is 346 g/mol. The van der Waals surface area contributed by atoms with Gasteiger partial charge in [-0.15, -0.1) is 11.3 Å². The average molecular weight is 346 g/mol. The maximum atomic E-state index is 13.0. The number of rotatable bonds is 2. The molecule has 0 aliphatic carbocycles. The number of benzene rings is 1. The molecule has 0 amide bonds. The summed E-state index contributed by atoms with van der Waals surface area (Å²) in [6.45, 7) is 1.95. The number of anilines is 1. The molecule has 4 aromatic rings. The van der Waals surface area contributed by atoms with Crippen molar-refractivity contribution in [2.75, 3.05) is 19.0 Å². The highest BCUT2D eigenvalue weighted by molar-refractivity contribution is 7.25. The van der Waals surface area contributed by atoms with Crippen LogP contribution in [0.15, 0.2) is 41.5 Å². The summed E-state index contributed by atoms with van der Waals surface area (Å²) in [6, 6.07) is 9.22. The molecule has 0 saturated heterocycles. The predicted molar refractivity (Wildman–Crippen MR) is 105 cm³/mol. The highest BCUT2D eigenvalue weighted by Gasteiger charge is 2.17. The maximum Gasteiger partial charge on any atom is 0.275 e. The first kappa shape index (κ1) is 15.8. The number of hydrogen-bond donors (Lipinski definition) is 0. The smallest absolute Gasteiger partial charge is 0.275 e. The van der Waals surface area contributed by atoms with Crippen molar-refractivity contribution in [2.24, 2.45) is 0 Å². The van der Waals surface area contributed by atoms with Crippen LogP contribution < -0.4 is 15.9 Å². The van der Waals surface area contributed by atoms with E-state index in [-0.39, 0.29) is 5.56 Å². The first-order valence-corrected chi connectivity index (χ1v) is 8.62. The highest BCUT2D eigenvalue weighted by atomic mass is 32.1. The summed E-state index contributed by atoms with van der Waals surface area (Å²) in [7, 11) is 9.80. The second kappa shape index (κ2) is 5.70. The van der Waals surface area contributed by atoms with Crippen molar-refractivity contribution in [3.8, 4) is 5.69 Å². The molecule has 5 nitrogen and oxygen atoms in total. The number of aromatic nitrogens is 3. The van der Waals surface area contributed by atoms with E-state index in [1.54, 1.807) is 18.5 Å². The third-order valence-corrected chi connectivity index (χ3v) is 5.15. The minimum absolute atomic E-state index is 0.110. The standard InChI is InChI=1S/C18H15BN4OS/c1-10-7-13(22(2)3)14-15-16(25-17(14)21-10)18(24)23(9-20-15)12-6-4-5-11(19)8-12/h4-9H,1-3H3. The summed E-state index contributed by atoms with van der Waals surface area (Å²) in [5, 5.41) is 0.924. The SMILES string of the molecule is [B]c1cccc(-n2cnc3c(sc4nc(C)cc(N(C)C)c43)c2=O)c1. The summed E-state index contributed by atoms with van der Waals surface area (Å²) in [5.74, 6) is 0. The van der Waals surface area contributed by atoms with Gasteiger partial charge < -0.3 is 4.90 Å². The van der Waals surface area contributed by atoms with Gasteiger partial charge >= 0.3 is 0 Å². The Balaban J connectivity index is 2.08. The molecule has 4 rings (SSSR count). The van der Waals surface area contributed by atoms with Crippen LogP contribution in [0.1, 0.15) is 5.69 Å². The van der Waals surface area contributed by atoms with Crippen LogP contribution in [0.4, 0.5) is 5.69 Å². The topological polar surface area (TPSA) is 51.0 Å². The summed E-state index contributed by atoms with van der Waals surface area (Å²) in [6.07, 6.45) is 1.56. The van der Waals surface area contributed by atoms with E-state index >= 15 is 0 Å². The Kier molecular flexibility index (Phi) is 3.61. The predicted octanol–water partition coefficient (Wildman–Crippen LogP) is 2.16. The molecule has 3 heterocycles. The lowest BCUT2D eigenvalue weighted by Crippen LogP contribution is -2.19. The summed E-state index contributed by atoms with van der Waals surface area (Å²) >= 11 is 1.38. The fourth-order valence-corrected chi connectivity index (χ4v) is 4.06. The molecule has 25 heavy (non-hydrogen) atoms. The van der Waals surface area contributed by atoms with Gasteiger partial charge in [-0.25, -0.2) is 9.97 Å². The van der Waals surface area contributed by atoms with Crippen molar-refractivity contribution in [3.05, 3.63) is 52.7 Å². The zero-order chi connectivity index (χ0) is 17.7. The van der Waals surface area contributed by atoms with Crippen LogP contribution in [-0.2, 0) is 0 Å². The Hall–Kier alpha value is -2.67. The molecular formula is C18H15BN4OS. The molecule has 0 bridgehead atoms. The molecule has 0 saturated carbocycles. The lowest BCUT2D eigenvalue weighted by molar-refractivity contribution is 0.969. The van der Waals surface area contributed by atoms with E-state index in [1.807, 2.05) is 44.1 Å². The molecule has 0 unspecified atom stereocenters. The summed E-state index contributed by atoms with van der Waals surface area (Å²) in [4.78, 5) is 25.0. The second-order valence-corrected chi connectivity index (χ2v) is 7.15. The fourth-order valence-electron chi connectivity index (χ4n) is 2.94. The number of hydrogen-bond acceptors (Lipinski definition) is 5. The van der Waals surface area contributed by atoms with E-state index in [1.165, 1.54) is 15.9 Å². The Morgan fingerprint density at radius 1 is 1.24 bits per heavy atom. The molecular weight excluding hydrogens is 331 g/mol. The quantitative estimate of drug-likeness (QED) is 0.522. The van der Waals surface area contributed by atoms with Gasteiger partial charge in [-0.3, -0.25) is 9.36 Å². The van der Waals surface area contributed by atoms with Gasteiger partial charge in [0.05, 0.1) is 11.1 Å². The second-order valence-electron chi connectivity index (χ2n) is 6.15. The van der Waals surface area contributed by atoms with Crippen LogP contribution >= 0.6 is 11.3 Å². The number of pyridine rings is 1. The van der Waals surface area contributed by atoms with E-state index in [0.29, 0.717) is 21.4 Å². The summed E-state index contributed by atoms with van der Waals surface area (Å²) in [5.41, 5.74) is 3.82. The largest absolute Gasteiger partial charge is 0.377 e. The van der Waals surface area contributed by atoms with Crippen LogP contribution in [0.5, 0.6) is 0 Å². The van der Waals surface area contributed by atoms with Gasteiger partial charge in [0, 0.05) is 25.5 Å². The molecule has 122 valence electrons. The first-order chi connectivity index (χ1) is 12.0. The van der Waals surface area contributed by atoms with Gasteiger partial charge in [-0.1, -0.05) is 17.6 Å². The van der Waals surface area contributed by atoms with Gasteiger partial charge in [0.1, 0.15) is 29.2 Å². The molecule has 0 N–H and O–H groups in total. The van der Waals surface area contributed by atoms with Gasteiger partial charge in [-0.05, 0) is 25.1 Å². The number of aryl methyl sites for hydroxylation is 1. The molecule has 3 aromatic heterocycles. The minimum Gasteiger partial charge on any atom is -0.377 e. The van der Waals surface area contributed by atoms with Crippen molar-refractivity contribution in [3.63, 3.8) is 0 Å². The zero-order valence-corrected chi connectivity index (χ0v) is 15.0. The van der Waals surface area contributed by atoms with Gasteiger partial charge in [0.25, 0.3) is 5.56 Å². The average Bonchev–Trinajstić information content (AvgIpc) is 2.93. The van der Waals surface area contributed by atoms with Crippen LogP contribution in [0.2, 0.25) is 0 Å². The first-order valence-electron chi connectivity index (χ1n) is 7.80. The van der Waals surface area contributed by atoms with E-state index in [0.717, 1.165) is 21.6 Å². The van der Waals surface area contributed by atoms with Crippen molar-refractivity contribution in [1.29, 1.82) is 0 Å². The third-order valence-electron chi connectivity index (χ3n) is 4.09. The Bertz CT molecular complexity index is 1180. The normalized spacial score (nSPS) is 11.3. The fraction of sp³-hybridized carbons (Fsp3) is 0.167. The number of nitrogens with zero attached hydrogens (tertiary/aromatic N) is 4. The van der Waals surface area contributed by atoms with Crippen molar-refractivity contribution < 1.29 is 0 Å². The van der Waals surface area contributed by atoms with Crippen molar-refractivity contribution >= 4 is 50.8 Å². The molecule has 0 aliphatic rings. The van der Waals surface area contributed by atoms with E-state index in [9.17, 15) is 4.79 Å². The molecule has 0 spiro atoms. The Morgan fingerprint density at radius 2 is 2.04 bits per heavy atom. The highest BCUT2D eigenvalue weighted by Crippen LogP contribution is 2.36. The molecule has 7 heteroatoms. The number of thiophene rings is 1. The van der Waals surface area contributed by atoms with Gasteiger partial charge in [0.2, 0.25) is 0 Å². The maximum absolute atomic E-state index is 13.0. The van der Waals surface area contributed by atoms with Crippen LogP contribution in [0.3, 0.4) is 0 Å². The van der Waals surface area contributed by atoms with E-state index in [4.69, 9.17) is 7.85 Å². The molecule has 0 atom stereocenters. The van der Waals surface area contributed by atoms with Crippen molar-refractivity contribution in [1.82, 2.24) is 14.5 Å². The molecule has 0 aliphatic heterocycles. The van der Waals surface area contributed by atoms with Crippen LogP contribution in [0, 0.1) is 6.92 Å². The Labute approximate surface area is 150 Å². The zero-order valence-electron chi connectivity index (χ0n) is 14.1. The lowest BCUT2D eigenvalue weighted by atomic mass is 9.96. The van der Waals surface area contributed by atoms with Crippen LogP contribution in [0.25, 0.3) is 26.1 Å². The third kappa shape index (κ3) is 2.51.